The fourth-order valence-corrected chi connectivity index (χ4v) is 11.7. The molecule has 4 heterocycles. The fraction of sp³-hybridized carbons (Fsp3) is 0.228. The van der Waals surface area contributed by atoms with Crippen LogP contribution < -0.4 is 15.8 Å². The van der Waals surface area contributed by atoms with Gasteiger partial charge in [0.05, 0.1) is 10.9 Å². The van der Waals surface area contributed by atoms with Crippen molar-refractivity contribution < 1.29 is 4.42 Å². The van der Waals surface area contributed by atoms with Gasteiger partial charge in [-0.05, 0) is 116 Å². The van der Waals surface area contributed by atoms with Crippen LogP contribution in [0.15, 0.2) is 144 Å². The number of nitrogens with zero attached hydrogens (tertiary/aromatic N) is 2. The van der Waals surface area contributed by atoms with Crippen molar-refractivity contribution in [3.05, 3.63) is 178 Å². The highest BCUT2D eigenvalue weighted by molar-refractivity contribution is 6.89. The van der Waals surface area contributed by atoms with Crippen molar-refractivity contribution in [2.45, 2.75) is 84.6 Å². The zero-order valence-electron chi connectivity index (χ0n) is 36.2. The molecule has 7 aromatic carbocycles. The minimum atomic E-state index is -0.104. The van der Waals surface area contributed by atoms with Crippen molar-refractivity contribution in [2.24, 2.45) is 0 Å². The van der Waals surface area contributed by atoms with Gasteiger partial charge < -0.3 is 13.9 Å². The number of aromatic nitrogens is 1. The minimum absolute atomic E-state index is 0.0369. The summed E-state index contributed by atoms with van der Waals surface area (Å²) in [6, 6.07) is 53.0. The van der Waals surface area contributed by atoms with E-state index in [1.165, 1.54) is 105 Å². The molecule has 0 atom stereocenters. The molecule has 61 heavy (non-hydrogen) atoms. The van der Waals surface area contributed by atoms with Crippen molar-refractivity contribution >= 4 is 62.0 Å². The molecular weight excluding hydrogens is 739 g/mol. The SMILES string of the molecule is Cc1cc2c3c(c1)N(Cc1ccc(C(C)(C)C)cc1-c1ccccc1)c1ccc4c(c1B3CCn1c3oc5ccccc5c3c3cccc(c31)CC2)-c1ccccc1C4(C)C. The highest BCUT2D eigenvalue weighted by Gasteiger charge is 2.44. The van der Waals surface area contributed by atoms with Crippen LogP contribution in [0.2, 0.25) is 6.32 Å². The van der Waals surface area contributed by atoms with Crippen LogP contribution in [0.3, 0.4) is 0 Å². The summed E-state index contributed by atoms with van der Waals surface area (Å²) in [4.78, 5) is 2.70. The van der Waals surface area contributed by atoms with Crippen molar-refractivity contribution in [3.8, 4) is 22.3 Å². The van der Waals surface area contributed by atoms with E-state index in [0.29, 0.717) is 0 Å². The second-order valence-electron chi connectivity index (χ2n) is 19.6. The molecule has 0 saturated heterocycles. The summed E-state index contributed by atoms with van der Waals surface area (Å²) in [6.07, 6.45) is 2.90. The molecule has 0 N–H and O–H groups in total. The van der Waals surface area contributed by atoms with Crippen LogP contribution in [0.1, 0.15) is 73.6 Å². The molecule has 298 valence electrons. The zero-order chi connectivity index (χ0) is 41.4. The molecule has 9 aromatic rings. The van der Waals surface area contributed by atoms with Gasteiger partial charge in [0.2, 0.25) is 12.4 Å². The van der Waals surface area contributed by atoms with E-state index in [1.807, 2.05) is 0 Å². The highest BCUT2D eigenvalue weighted by atomic mass is 16.3. The van der Waals surface area contributed by atoms with Crippen LogP contribution in [0.4, 0.5) is 11.4 Å². The molecule has 0 fully saturated rings. The molecule has 0 unspecified atom stereocenters. The molecule has 3 nitrogen and oxygen atoms in total. The quantitative estimate of drug-likeness (QED) is 0.166. The van der Waals surface area contributed by atoms with E-state index in [-0.39, 0.29) is 17.5 Å². The first-order chi connectivity index (χ1) is 29.6. The molecule has 1 aliphatic carbocycles. The fourth-order valence-electron chi connectivity index (χ4n) is 11.7. The summed E-state index contributed by atoms with van der Waals surface area (Å²) in [7, 11) is 0. The van der Waals surface area contributed by atoms with E-state index in [4.69, 9.17) is 4.42 Å². The van der Waals surface area contributed by atoms with Crippen LogP contribution in [0.25, 0.3) is 55.2 Å². The second kappa shape index (κ2) is 13.1. The Hall–Kier alpha value is -6.26. The Balaban J connectivity index is 1.12. The monoisotopic (exact) mass is 790 g/mol. The minimum Gasteiger partial charge on any atom is -0.439 e. The molecule has 0 amide bonds. The Bertz CT molecular complexity index is 3270. The Morgan fingerprint density at radius 2 is 1.44 bits per heavy atom. The van der Waals surface area contributed by atoms with Gasteiger partial charge >= 0.3 is 0 Å². The number of para-hydroxylation sites is 2. The lowest BCUT2D eigenvalue weighted by Crippen LogP contribution is -2.53. The first-order valence-corrected chi connectivity index (χ1v) is 22.3. The van der Waals surface area contributed by atoms with E-state index >= 15 is 0 Å². The normalized spacial score (nSPS) is 15.2. The summed E-state index contributed by atoms with van der Waals surface area (Å²) in [5, 5.41) is 3.76. The van der Waals surface area contributed by atoms with Gasteiger partial charge in [-0.2, -0.15) is 0 Å². The third-order valence-electron chi connectivity index (χ3n) is 14.6. The Morgan fingerprint density at radius 1 is 0.672 bits per heavy atom. The Kier molecular flexibility index (Phi) is 7.87. The molecule has 0 bridgehead atoms. The molecule has 2 aliphatic heterocycles. The van der Waals surface area contributed by atoms with Gasteiger partial charge in [0.15, 0.2) is 0 Å². The maximum atomic E-state index is 6.84. The van der Waals surface area contributed by atoms with Gasteiger partial charge in [0, 0.05) is 40.7 Å². The average molecular weight is 791 g/mol. The first-order valence-electron chi connectivity index (χ1n) is 22.3. The average Bonchev–Trinajstić information content (AvgIpc) is 3.87. The van der Waals surface area contributed by atoms with Crippen LogP contribution in [0, 0.1) is 6.92 Å². The third-order valence-corrected chi connectivity index (χ3v) is 14.6. The summed E-state index contributed by atoms with van der Waals surface area (Å²) >= 11 is 0. The van der Waals surface area contributed by atoms with Crippen LogP contribution in [-0.4, -0.2) is 11.3 Å². The van der Waals surface area contributed by atoms with Gasteiger partial charge in [-0.15, -0.1) is 0 Å². The van der Waals surface area contributed by atoms with E-state index in [1.54, 1.807) is 0 Å². The second-order valence-corrected chi connectivity index (χ2v) is 19.6. The molecule has 0 radical (unpaired) electrons. The maximum absolute atomic E-state index is 6.84. The van der Waals surface area contributed by atoms with E-state index < -0.39 is 0 Å². The molecule has 4 heteroatoms. The van der Waals surface area contributed by atoms with Gasteiger partial charge in [-0.25, -0.2) is 0 Å². The maximum Gasteiger partial charge on any atom is 0.217 e. The number of benzene rings is 7. The number of rotatable bonds is 3. The molecule has 0 saturated carbocycles. The lowest BCUT2D eigenvalue weighted by molar-refractivity contribution is 0.590. The smallest absolute Gasteiger partial charge is 0.217 e. The Morgan fingerprint density at radius 3 is 2.30 bits per heavy atom. The number of aryl methyl sites for hydroxylation is 4. The van der Waals surface area contributed by atoms with Crippen molar-refractivity contribution in [1.29, 1.82) is 0 Å². The van der Waals surface area contributed by atoms with Crippen LogP contribution in [-0.2, 0) is 36.8 Å². The number of anilines is 2. The number of hydrogen-bond acceptors (Lipinski definition) is 2. The van der Waals surface area contributed by atoms with Crippen LogP contribution in [0.5, 0.6) is 0 Å². The molecular formula is C57H51BN2O. The van der Waals surface area contributed by atoms with Crippen LogP contribution >= 0.6 is 0 Å². The Labute approximate surface area is 359 Å². The summed E-state index contributed by atoms with van der Waals surface area (Å²) < 4.78 is 9.39. The lowest BCUT2D eigenvalue weighted by atomic mass is 9.35. The van der Waals surface area contributed by atoms with Gasteiger partial charge in [0.1, 0.15) is 5.58 Å². The number of furan rings is 1. The van der Waals surface area contributed by atoms with Gasteiger partial charge in [0.25, 0.3) is 0 Å². The number of fused-ring (bicyclic) bond motifs is 11. The first kappa shape index (κ1) is 36.6. The standard InChI is InChI=1S/C57H51BN2O/c1-35-31-38-24-23-37-17-14-20-43-50-42-19-11-13-22-49(42)61-55(50)59(54(37)43)30-29-58-52(38)48(32-35)60(34-39-25-26-40(56(2,3)4)33-44(39)36-15-8-7-9-16-36)47-28-27-46-51(53(47)58)41-18-10-12-21-45(41)57(46,5)6/h7-22,25-28,31-33H,23-24,29-30,34H2,1-6H3. The van der Waals surface area contributed by atoms with Crippen molar-refractivity contribution in [3.63, 3.8) is 0 Å². The number of hydrogen-bond donors (Lipinski definition) is 0. The summed E-state index contributed by atoms with van der Waals surface area (Å²) in [5.41, 5.74) is 24.1. The van der Waals surface area contributed by atoms with E-state index in [2.05, 4.69) is 191 Å². The largest absolute Gasteiger partial charge is 0.439 e. The molecule has 12 rings (SSSR count). The van der Waals surface area contributed by atoms with Gasteiger partial charge in [-0.3, -0.25) is 0 Å². The van der Waals surface area contributed by atoms with Crippen molar-refractivity contribution in [1.82, 2.24) is 4.57 Å². The molecule has 0 spiro atoms. The lowest BCUT2D eigenvalue weighted by Gasteiger charge is -2.40. The predicted octanol–water partition coefficient (Wildman–Crippen LogP) is 13.2. The zero-order valence-corrected chi connectivity index (χ0v) is 36.2. The summed E-state index contributed by atoms with van der Waals surface area (Å²) in [6.45, 7) is 15.9. The highest BCUT2D eigenvalue weighted by Crippen LogP contribution is 2.51. The summed E-state index contributed by atoms with van der Waals surface area (Å²) in [5.74, 6) is 0. The molecule has 2 aromatic heterocycles. The molecule has 3 aliphatic rings. The van der Waals surface area contributed by atoms with Gasteiger partial charge in [-0.1, -0.05) is 162 Å². The van der Waals surface area contributed by atoms with E-state index in [9.17, 15) is 0 Å². The van der Waals surface area contributed by atoms with Crippen molar-refractivity contribution in [2.75, 3.05) is 4.90 Å². The topological polar surface area (TPSA) is 21.3 Å². The van der Waals surface area contributed by atoms with E-state index in [0.717, 1.165) is 43.5 Å². The predicted molar refractivity (Wildman–Crippen MR) is 258 cm³/mol. The third kappa shape index (κ3) is 5.37.